The van der Waals surface area contributed by atoms with Crippen molar-refractivity contribution in [3.63, 3.8) is 0 Å². The lowest BCUT2D eigenvalue weighted by Crippen LogP contribution is -2.59. The van der Waals surface area contributed by atoms with Crippen LogP contribution in [0, 0.1) is 0 Å². The Morgan fingerprint density at radius 2 is 2.06 bits per heavy atom. The van der Waals surface area contributed by atoms with Gasteiger partial charge in [0.05, 0.1) is 13.5 Å². The Bertz CT molecular complexity index is 380. The smallest absolute Gasteiger partial charge is 0.308 e. The molecule has 0 aliphatic carbocycles. The number of imide groups is 2. The molecule has 0 aromatic carbocycles. The van der Waals surface area contributed by atoms with E-state index in [1.807, 2.05) is 0 Å². The Morgan fingerprint density at radius 1 is 1.41 bits per heavy atom. The van der Waals surface area contributed by atoms with Crippen molar-refractivity contribution >= 4 is 30.6 Å². The van der Waals surface area contributed by atoms with Gasteiger partial charge in [-0.15, -0.1) is 0 Å². The number of rotatable bonds is 4. The Hall–Kier alpha value is -2.25. The van der Waals surface area contributed by atoms with Crippen molar-refractivity contribution < 1.29 is 28.7 Å². The molecule has 92 valence electrons. The van der Waals surface area contributed by atoms with Gasteiger partial charge in [-0.25, -0.2) is 0 Å². The van der Waals surface area contributed by atoms with E-state index in [4.69, 9.17) is 0 Å². The second-order valence-electron chi connectivity index (χ2n) is 3.27. The van der Waals surface area contributed by atoms with Gasteiger partial charge in [-0.1, -0.05) is 0 Å². The maximum absolute atomic E-state index is 11.7. The van der Waals surface area contributed by atoms with Gasteiger partial charge < -0.3 is 4.74 Å². The third-order valence-corrected chi connectivity index (χ3v) is 2.33. The number of ether oxygens (including phenoxy) is 1. The van der Waals surface area contributed by atoms with Gasteiger partial charge in [0, 0.05) is 0 Å². The van der Waals surface area contributed by atoms with Crippen molar-refractivity contribution in [3.05, 3.63) is 0 Å². The fraction of sp³-hybridized carbons (Fsp3) is 0.444. The molecule has 17 heavy (non-hydrogen) atoms. The zero-order chi connectivity index (χ0) is 13.0. The summed E-state index contributed by atoms with van der Waals surface area (Å²) in [6.07, 6.45) is -0.118. The van der Waals surface area contributed by atoms with Gasteiger partial charge in [0.15, 0.2) is 0 Å². The number of amides is 4. The van der Waals surface area contributed by atoms with Crippen LogP contribution in [0.5, 0.6) is 0 Å². The molecule has 4 amide bonds. The molecule has 8 heteroatoms. The highest BCUT2D eigenvalue weighted by Gasteiger charge is 2.40. The van der Waals surface area contributed by atoms with Crippen molar-refractivity contribution in [2.75, 3.05) is 13.7 Å². The first-order valence-corrected chi connectivity index (χ1v) is 4.64. The molecule has 0 spiro atoms. The first-order valence-electron chi connectivity index (χ1n) is 4.64. The highest BCUT2D eigenvalue weighted by atomic mass is 16.5. The summed E-state index contributed by atoms with van der Waals surface area (Å²) in [5.74, 6) is -2.26. The Balaban J connectivity index is 2.96. The Kier molecular flexibility index (Phi) is 3.91. The fourth-order valence-electron chi connectivity index (χ4n) is 1.44. The van der Waals surface area contributed by atoms with E-state index in [9.17, 15) is 24.0 Å². The summed E-state index contributed by atoms with van der Waals surface area (Å²) in [7, 11) is 1.11. The maximum atomic E-state index is 11.7. The SMILES string of the molecule is COC(=O)C[C@H]1C(=O)N(C=O)CC(=O)N1C=O. The average Bonchev–Trinajstić information content (AvgIpc) is 2.33. The summed E-state index contributed by atoms with van der Waals surface area (Å²) in [6.45, 7) is -0.501. The number of piperazine rings is 1. The van der Waals surface area contributed by atoms with Crippen LogP contribution < -0.4 is 0 Å². The van der Waals surface area contributed by atoms with Crippen LogP contribution in [0.25, 0.3) is 0 Å². The molecule has 0 aromatic heterocycles. The molecule has 0 radical (unpaired) electrons. The molecule has 1 saturated heterocycles. The molecule has 1 aliphatic heterocycles. The quantitative estimate of drug-likeness (QED) is 0.413. The minimum Gasteiger partial charge on any atom is -0.469 e. The third-order valence-electron chi connectivity index (χ3n) is 2.33. The van der Waals surface area contributed by atoms with Gasteiger partial charge in [0.1, 0.15) is 12.6 Å². The van der Waals surface area contributed by atoms with Gasteiger partial charge in [-0.3, -0.25) is 33.8 Å². The number of carbonyl (C=O) groups excluding carboxylic acids is 5. The van der Waals surface area contributed by atoms with E-state index in [-0.39, 0.29) is 12.8 Å². The van der Waals surface area contributed by atoms with Crippen molar-refractivity contribution in [1.82, 2.24) is 9.80 Å². The second kappa shape index (κ2) is 5.19. The van der Waals surface area contributed by atoms with E-state index in [1.54, 1.807) is 0 Å². The molecule has 8 nitrogen and oxygen atoms in total. The molecule has 1 atom stereocenters. The van der Waals surface area contributed by atoms with Gasteiger partial charge in [-0.05, 0) is 0 Å². The highest BCUT2D eigenvalue weighted by molar-refractivity contribution is 6.05. The van der Waals surface area contributed by atoms with Crippen LogP contribution in [-0.2, 0) is 28.7 Å². The minimum atomic E-state index is -1.31. The van der Waals surface area contributed by atoms with E-state index in [2.05, 4.69) is 4.74 Å². The monoisotopic (exact) mass is 242 g/mol. The summed E-state index contributed by atoms with van der Waals surface area (Å²) >= 11 is 0. The van der Waals surface area contributed by atoms with Crippen LogP contribution in [0.2, 0.25) is 0 Å². The molecule has 0 saturated carbocycles. The predicted molar refractivity (Wildman–Crippen MR) is 51.1 cm³/mol. The molecule has 0 unspecified atom stereocenters. The summed E-state index contributed by atoms with van der Waals surface area (Å²) < 4.78 is 4.35. The Morgan fingerprint density at radius 3 is 2.53 bits per heavy atom. The number of hydrogen-bond donors (Lipinski definition) is 0. The lowest BCUT2D eigenvalue weighted by molar-refractivity contribution is -0.163. The van der Waals surface area contributed by atoms with Gasteiger partial charge in [0.2, 0.25) is 18.7 Å². The van der Waals surface area contributed by atoms with Crippen molar-refractivity contribution in [1.29, 1.82) is 0 Å². The first kappa shape index (κ1) is 12.8. The summed E-state index contributed by atoms with van der Waals surface area (Å²) in [4.78, 5) is 56.6. The van der Waals surface area contributed by atoms with Crippen LogP contribution in [0.3, 0.4) is 0 Å². The number of esters is 1. The number of nitrogens with zero attached hydrogens (tertiary/aromatic N) is 2. The van der Waals surface area contributed by atoms with Crippen molar-refractivity contribution in [3.8, 4) is 0 Å². The summed E-state index contributed by atoms with van der Waals surface area (Å²) in [5.41, 5.74) is 0. The highest BCUT2D eigenvalue weighted by Crippen LogP contribution is 2.13. The van der Waals surface area contributed by atoms with Crippen LogP contribution in [0.1, 0.15) is 6.42 Å². The largest absolute Gasteiger partial charge is 0.469 e. The predicted octanol–water partition coefficient (Wildman–Crippen LogP) is -2.10. The molecule has 1 aliphatic rings. The maximum Gasteiger partial charge on any atom is 0.308 e. The van der Waals surface area contributed by atoms with E-state index in [0.717, 1.165) is 7.11 Å². The van der Waals surface area contributed by atoms with Crippen LogP contribution in [0.15, 0.2) is 0 Å². The molecule has 1 fully saturated rings. The van der Waals surface area contributed by atoms with Crippen molar-refractivity contribution in [2.24, 2.45) is 0 Å². The normalized spacial score (nSPS) is 20.2. The lowest BCUT2D eigenvalue weighted by atomic mass is 10.1. The van der Waals surface area contributed by atoms with Crippen LogP contribution >= 0.6 is 0 Å². The molecule has 0 bridgehead atoms. The number of methoxy groups -OCH3 is 1. The topological polar surface area (TPSA) is 101 Å². The van der Waals surface area contributed by atoms with Gasteiger partial charge in [0.25, 0.3) is 5.91 Å². The van der Waals surface area contributed by atoms with E-state index < -0.39 is 36.8 Å². The standard InChI is InChI=1S/C9H10N2O6/c1-17-8(15)2-6-9(16)10(4-12)3-7(14)11(6)5-13/h4-6H,2-3H2,1H3/t6-/m0/s1. The number of hydrogen-bond acceptors (Lipinski definition) is 6. The van der Waals surface area contributed by atoms with E-state index in [1.165, 1.54) is 0 Å². The average molecular weight is 242 g/mol. The van der Waals surface area contributed by atoms with Gasteiger partial charge in [-0.2, -0.15) is 0 Å². The Labute approximate surface area is 96.1 Å². The number of carbonyl (C=O) groups is 5. The first-order chi connectivity index (χ1) is 8.04. The molecular weight excluding hydrogens is 232 g/mol. The van der Waals surface area contributed by atoms with Crippen LogP contribution in [-0.4, -0.2) is 60.1 Å². The van der Waals surface area contributed by atoms with Gasteiger partial charge >= 0.3 is 5.97 Å². The van der Waals surface area contributed by atoms with E-state index >= 15 is 0 Å². The lowest BCUT2D eigenvalue weighted by Gasteiger charge is -2.33. The third kappa shape index (κ3) is 2.47. The molecule has 1 heterocycles. The minimum absolute atomic E-state index is 0.163. The zero-order valence-corrected chi connectivity index (χ0v) is 8.99. The molecular formula is C9H10N2O6. The van der Waals surface area contributed by atoms with Crippen molar-refractivity contribution in [2.45, 2.75) is 12.5 Å². The van der Waals surface area contributed by atoms with E-state index in [0.29, 0.717) is 9.80 Å². The molecule has 0 aromatic rings. The fourth-order valence-corrected chi connectivity index (χ4v) is 1.44. The second-order valence-corrected chi connectivity index (χ2v) is 3.27. The van der Waals surface area contributed by atoms with Crippen LogP contribution in [0.4, 0.5) is 0 Å². The zero-order valence-electron chi connectivity index (χ0n) is 8.99. The summed E-state index contributed by atoms with van der Waals surface area (Å²) in [5, 5.41) is 0. The summed E-state index contributed by atoms with van der Waals surface area (Å²) in [6, 6.07) is -1.31. The molecule has 0 N–H and O–H groups in total. The molecule has 1 rings (SSSR count).